The summed E-state index contributed by atoms with van der Waals surface area (Å²) in [5, 5.41) is 8.32. The van der Waals surface area contributed by atoms with Gasteiger partial charge in [-0.1, -0.05) is 73.5 Å². The lowest BCUT2D eigenvalue weighted by atomic mass is 9.73. The molecule has 4 aliphatic heterocycles. The van der Waals surface area contributed by atoms with E-state index in [0.717, 1.165) is 77.7 Å². The Hall–Kier alpha value is -6.73. The van der Waals surface area contributed by atoms with Crippen molar-refractivity contribution in [1.29, 1.82) is 0 Å². The number of carbonyl (C=O) groups excluding carboxylic acids is 1. The summed E-state index contributed by atoms with van der Waals surface area (Å²) >= 11 is 0. The normalized spacial score (nSPS) is 19.8. The van der Waals surface area contributed by atoms with Gasteiger partial charge in [0.05, 0.1) is 24.5 Å². The smallest absolute Gasteiger partial charge is 0.240 e. The quantitative estimate of drug-likeness (QED) is 0.151. The molecule has 3 aromatic heterocycles. The number of halogens is 2. The molecule has 324 valence electrons. The molecule has 7 aromatic rings. The molecule has 12 rings (SSSR count). The average molecular weight is 857 g/mol. The summed E-state index contributed by atoms with van der Waals surface area (Å²) < 4.78 is 33.4. The molecule has 7 heterocycles. The fraction of sp³-hybridized carbons (Fsp3) is 0.314. The van der Waals surface area contributed by atoms with Crippen LogP contribution in [0.3, 0.4) is 0 Å². The highest BCUT2D eigenvalue weighted by molar-refractivity contribution is 6.09. The maximum Gasteiger partial charge on any atom is 0.240 e. The second-order valence-corrected chi connectivity index (χ2v) is 18.1. The van der Waals surface area contributed by atoms with Gasteiger partial charge in [0.2, 0.25) is 11.9 Å². The van der Waals surface area contributed by atoms with Gasteiger partial charge in [0.1, 0.15) is 17.0 Å². The fourth-order valence-electron chi connectivity index (χ4n) is 10.9. The van der Waals surface area contributed by atoms with Crippen molar-refractivity contribution in [3.63, 3.8) is 0 Å². The molecule has 2 saturated heterocycles. The van der Waals surface area contributed by atoms with E-state index in [9.17, 15) is 9.18 Å². The Morgan fingerprint density at radius 3 is 2.08 bits per heavy atom. The van der Waals surface area contributed by atoms with Crippen LogP contribution in [0.15, 0.2) is 128 Å². The standard InChI is InChI=1S/C26H27FN4O.C25H23FN6/c1-29-15-19(13-28-29)21-11-10-18(12-23(21)27)14-31-24-9-5-4-8-22(24)26(25(31)32)16-30(17-26)20-6-2-3-7-20;1-30-15-20(14-29-30)18-7-8-19(22(26)13-18)16-31-17-25(21-5-2-3-6-23(21)31)9-12-32(25)24-27-10-4-11-28-24/h4-5,8-13,15,20H,2-3,6-7,14,16-17H2,1H3;2-8,10-11,13-15H,9,12,16-17H2,1H3. The number of aromatic nitrogens is 6. The van der Waals surface area contributed by atoms with Crippen LogP contribution in [-0.4, -0.2) is 72.6 Å². The van der Waals surface area contributed by atoms with Gasteiger partial charge in [-0.25, -0.2) is 18.7 Å². The van der Waals surface area contributed by atoms with Gasteiger partial charge in [-0.05, 0) is 66.3 Å². The first-order chi connectivity index (χ1) is 31.2. The maximum absolute atomic E-state index is 15.1. The van der Waals surface area contributed by atoms with Crippen LogP contribution in [-0.2, 0) is 42.9 Å². The van der Waals surface area contributed by atoms with Crippen molar-refractivity contribution < 1.29 is 13.6 Å². The molecule has 3 fully saturated rings. The lowest BCUT2D eigenvalue weighted by molar-refractivity contribution is -0.130. The second-order valence-electron chi connectivity index (χ2n) is 18.1. The first-order valence-electron chi connectivity index (χ1n) is 22.3. The van der Waals surface area contributed by atoms with Crippen LogP contribution in [0.2, 0.25) is 0 Å². The Bertz CT molecular complexity index is 2870. The van der Waals surface area contributed by atoms with E-state index >= 15 is 4.39 Å². The number of fused-ring (bicyclic) bond motifs is 4. The number of likely N-dealkylation sites (tertiary alicyclic amines) is 1. The van der Waals surface area contributed by atoms with Gasteiger partial charge in [-0.2, -0.15) is 10.2 Å². The molecule has 5 aliphatic rings. The van der Waals surface area contributed by atoms with Crippen LogP contribution in [0.5, 0.6) is 0 Å². The number of nitrogens with zero attached hydrogens (tertiary/aromatic N) is 10. The van der Waals surface area contributed by atoms with E-state index in [1.165, 1.54) is 31.2 Å². The molecule has 0 radical (unpaired) electrons. The van der Waals surface area contributed by atoms with Gasteiger partial charge in [-0.3, -0.25) is 19.1 Å². The summed E-state index contributed by atoms with van der Waals surface area (Å²) in [6.07, 6.45) is 16.8. The first-order valence-corrected chi connectivity index (χ1v) is 22.3. The number of amides is 1. The molecule has 64 heavy (non-hydrogen) atoms. The summed E-state index contributed by atoms with van der Waals surface area (Å²) in [6.45, 7) is 4.21. The molecular formula is C51H50F2N10O. The van der Waals surface area contributed by atoms with E-state index in [2.05, 4.69) is 65.2 Å². The molecule has 13 heteroatoms. The van der Waals surface area contributed by atoms with Crippen molar-refractivity contribution >= 4 is 23.2 Å². The zero-order valence-corrected chi connectivity index (χ0v) is 36.1. The SMILES string of the molecule is Cn1cc(-c2ccc(CN3C(=O)C4(CN(C5CCCC5)C4)c4ccccc43)cc2F)cn1.Cn1cc(-c2ccc(CN3CC4(CCN4c4ncccn4)c4ccccc43)c(F)c2)cn1. The summed E-state index contributed by atoms with van der Waals surface area (Å²) in [6, 6.07) is 29.8. The number of para-hydroxylation sites is 2. The zero-order chi connectivity index (χ0) is 43.6. The fourth-order valence-corrected chi connectivity index (χ4v) is 10.9. The van der Waals surface area contributed by atoms with Crippen LogP contribution in [0.25, 0.3) is 22.3 Å². The Morgan fingerprint density at radius 1 is 0.703 bits per heavy atom. The summed E-state index contributed by atoms with van der Waals surface area (Å²) in [5.41, 5.74) is 8.44. The maximum atomic E-state index is 15.1. The Morgan fingerprint density at radius 2 is 1.41 bits per heavy atom. The molecule has 1 atom stereocenters. The second kappa shape index (κ2) is 15.8. The number of aryl methyl sites for hydroxylation is 2. The van der Waals surface area contributed by atoms with Crippen LogP contribution in [0, 0.1) is 11.6 Å². The Balaban J connectivity index is 0.000000143. The first kappa shape index (κ1) is 40.1. The third-order valence-corrected chi connectivity index (χ3v) is 14.3. The number of carbonyl (C=O) groups is 1. The zero-order valence-electron chi connectivity index (χ0n) is 36.1. The summed E-state index contributed by atoms with van der Waals surface area (Å²) in [7, 11) is 3.68. The third kappa shape index (κ3) is 6.75. The van der Waals surface area contributed by atoms with Crippen molar-refractivity contribution in [3.8, 4) is 22.3 Å². The highest BCUT2D eigenvalue weighted by Gasteiger charge is 2.59. The molecule has 0 N–H and O–H groups in total. The molecule has 2 spiro atoms. The van der Waals surface area contributed by atoms with Gasteiger partial charge in [0, 0.05) is 117 Å². The van der Waals surface area contributed by atoms with Crippen molar-refractivity contribution in [2.75, 3.05) is 40.9 Å². The number of anilines is 3. The average Bonchev–Trinajstić information content (AvgIpc) is 4.14. The molecule has 1 unspecified atom stereocenters. The van der Waals surface area contributed by atoms with Crippen molar-refractivity contribution in [2.45, 2.75) is 62.2 Å². The van der Waals surface area contributed by atoms with Crippen LogP contribution >= 0.6 is 0 Å². The number of rotatable bonds is 8. The van der Waals surface area contributed by atoms with Crippen molar-refractivity contribution in [1.82, 2.24) is 34.4 Å². The van der Waals surface area contributed by atoms with Gasteiger partial charge in [0.15, 0.2) is 0 Å². The van der Waals surface area contributed by atoms with Gasteiger partial charge >= 0.3 is 0 Å². The number of hydrogen-bond acceptors (Lipinski definition) is 8. The van der Waals surface area contributed by atoms with E-state index < -0.39 is 5.41 Å². The third-order valence-electron chi connectivity index (χ3n) is 14.3. The minimum atomic E-state index is -0.437. The predicted molar refractivity (Wildman–Crippen MR) is 244 cm³/mol. The largest absolute Gasteiger partial charge is 0.364 e. The molecule has 0 bridgehead atoms. The van der Waals surface area contributed by atoms with Gasteiger partial charge < -0.3 is 14.7 Å². The molecule has 11 nitrogen and oxygen atoms in total. The molecule has 4 aromatic carbocycles. The number of benzene rings is 4. The van der Waals surface area contributed by atoms with Crippen molar-refractivity contribution in [3.05, 3.63) is 162 Å². The van der Waals surface area contributed by atoms with E-state index in [-0.39, 0.29) is 23.1 Å². The van der Waals surface area contributed by atoms with Gasteiger partial charge in [0.25, 0.3) is 0 Å². The minimum Gasteiger partial charge on any atom is -0.364 e. The molecule has 1 aliphatic carbocycles. The predicted octanol–water partition coefficient (Wildman–Crippen LogP) is 8.41. The van der Waals surface area contributed by atoms with Crippen LogP contribution in [0.4, 0.5) is 26.1 Å². The molecule has 1 amide bonds. The number of hydrogen-bond donors (Lipinski definition) is 0. The summed E-state index contributed by atoms with van der Waals surface area (Å²) in [4.78, 5) is 31.6. The summed E-state index contributed by atoms with van der Waals surface area (Å²) in [5.74, 6) is 0.426. The minimum absolute atomic E-state index is 0.157. The van der Waals surface area contributed by atoms with Crippen LogP contribution < -0.4 is 14.7 Å². The monoisotopic (exact) mass is 856 g/mol. The van der Waals surface area contributed by atoms with E-state index in [0.29, 0.717) is 30.3 Å². The molecule has 1 saturated carbocycles. The van der Waals surface area contributed by atoms with E-state index in [1.807, 2.05) is 67.7 Å². The highest BCUT2D eigenvalue weighted by atomic mass is 19.1. The van der Waals surface area contributed by atoms with Gasteiger partial charge in [-0.15, -0.1) is 0 Å². The van der Waals surface area contributed by atoms with E-state index in [4.69, 9.17) is 0 Å². The highest BCUT2D eigenvalue weighted by Crippen LogP contribution is 2.52. The Kier molecular flexibility index (Phi) is 9.90. The lowest BCUT2D eigenvalue weighted by Crippen LogP contribution is -2.65. The van der Waals surface area contributed by atoms with Crippen molar-refractivity contribution in [2.24, 2.45) is 14.1 Å². The Labute approximate surface area is 371 Å². The van der Waals surface area contributed by atoms with Crippen LogP contribution in [0.1, 0.15) is 54.4 Å². The topological polar surface area (TPSA) is 91.5 Å². The molecular weight excluding hydrogens is 807 g/mol. The lowest BCUT2D eigenvalue weighted by Gasteiger charge is -2.51. The van der Waals surface area contributed by atoms with E-state index in [1.54, 1.807) is 58.5 Å².